The van der Waals surface area contributed by atoms with E-state index < -0.39 is 0 Å². The Labute approximate surface area is 200 Å². The number of nitrogens with zero attached hydrogens (tertiary/aromatic N) is 2. The fraction of sp³-hybridized carbons (Fsp3) is 0. The molecule has 0 unspecified atom stereocenters. The van der Waals surface area contributed by atoms with Gasteiger partial charge in [-0.3, -0.25) is 0 Å². The van der Waals surface area contributed by atoms with Gasteiger partial charge in [0.1, 0.15) is 0 Å². The van der Waals surface area contributed by atoms with Gasteiger partial charge in [-0.2, -0.15) is 0 Å². The molecule has 4 heteroatoms. The molecule has 160 valence electrons. The monoisotopic (exact) mass is 454 g/mol. The van der Waals surface area contributed by atoms with Gasteiger partial charge in [-0.05, 0) is 68.9 Å². The van der Waals surface area contributed by atoms with Crippen LogP contribution in [0.3, 0.4) is 0 Å². The van der Waals surface area contributed by atoms with Crippen LogP contribution in [0, 0.1) is 0 Å². The molecule has 1 aliphatic rings. The third-order valence-corrected chi connectivity index (χ3v) is 7.29. The first kappa shape index (κ1) is 19.2. The van der Waals surface area contributed by atoms with E-state index in [2.05, 4.69) is 101 Å². The summed E-state index contributed by atoms with van der Waals surface area (Å²) in [5, 5.41) is 11.0. The van der Waals surface area contributed by atoms with Crippen LogP contribution in [0.1, 0.15) is 16.0 Å². The Morgan fingerprint density at radius 2 is 1.24 bits per heavy atom. The molecule has 0 fully saturated rings. The topological polar surface area (TPSA) is 38.9 Å². The molecule has 2 heterocycles. The van der Waals surface area contributed by atoms with Crippen LogP contribution >= 0.6 is 11.3 Å². The molecular formula is C30H18N2OS. The second kappa shape index (κ2) is 7.65. The minimum Gasteiger partial charge on any atom is -0.415 e. The number of rotatable bonds is 3. The second-order valence-electron chi connectivity index (χ2n) is 8.33. The smallest absolute Gasteiger partial charge is 0.258 e. The SMILES string of the molecule is C(=C1c2ccccc2-c2ccccc21)c1ccc(-c2nnc(-c3ccc4ccccc4c3)o2)s1. The molecule has 3 nitrogen and oxygen atoms in total. The number of benzene rings is 4. The first-order chi connectivity index (χ1) is 16.8. The summed E-state index contributed by atoms with van der Waals surface area (Å²) >= 11 is 1.66. The van der Waals surface area contributed by atoms with E-state index in [0.29, 0.717) is 11.8 Å². The van der Waals surface area contributed by atoms with Crippen LogP contribution in [0.15, 0.2) is 108 Å². The highest BCUT2D eigenvalue weighted by Crippen LogP contribution is 2.45. The van der Waals surface area contributed by atoms with Crippen molar-refractivity contribution in [1.29, 1.82) is 0 Å². The predicted molar refractivity (Wildman–Crippen MR) is 139 cm³/mol. The average Bonchev–Trinajstić information content (AvgIpc) is 3.63. The van der Waals surface area contributed by atoms with E-state index in [9.17, 15) is 0 Å². The van der Waals surface area contributed by atoms with Gasteiger partial charge in [0.05, 0.1) is 4.88 Å². The number of hydrogen-bond acceptors (Lipinski definition) is 4. The zero-order valence-corrected chi connectivity index (χ0v) is 18.9. The fourth-order valence-electron chi connectivity index (χ4n) is 4.66. The van der Waals surface area contributed by atoms with Crippen LogP contribution in [-0.2, 0) is 0 Å². The molecule has 0 amide bonds. The molecule has 0 bridgehead atoms. The van der Waals surface area contributed by atoms with E-state index >= 15 is 0 Å². The van der Waals surface area contributed by atoms with E-state index in [1.54, 1.807) is 11.3 Å². The molecule has 0 aliphatic heterocycles. The molecule has 6 aromatic rings. The molecule has 0 saturated carbocycles. The zero-order chi connectivity index (χ0) is 22.5. The Hall–Kier alpha value is -4.28. The summed E-state index contributed by atoms with van der Waals surface area (Å²) in [4.78, 5) is 2.12. The molecule has 4 aromatic carbocycles. The highest BCUT2D eigenvalue weighted by Gasteiger charge is 2.22. The maximum Gasteiger partial charge on any atom is 0.258 e. The lowest BCUT2D eigenvalue weighted by Crippen LogP contribution is -1.79. The van der Waals surface area contributed by atoms with Crippen molar-refractivity contribution in [3.05, 3.63) is 119 Å². The van der Waals surface area contributed by atoms with Crippen molar-refractivity contribution in [1.82, 2.24) is 10.2 Å². The van der Waals surface area contributed by atoms with E-state index in [4.69, 9.17) is 4.42 Å². The minimum atomic E-state index is 0.535. The number of thiophene rings is 1. The Morgan fingerprint density at radius 3 is 2.00 bits per heavy atom. The Bertz CT molecular complexity index is 1680. The number of hydrogen-bond donors (Lipinski definition) is 0. The maximum absolute atomic E-state index is 6.07. The van der Waals surface area contributed by atoms with E-state index in [-0.39, 0.29) is 0 Å². The van der Waals surface area contributed by atoms with Gasteiger partial charge in [-0.1, -0.05) is 78.9 Å². The van der Waals surface area contributed by atoms with Crippen LogP contribution in [-0.4, -0.2) is 10.2 Å². The number of fused-ring (bicyclic) bond motifs is 4. The molecule has 0 radical (unpaired) electrons. The number of aromatic nitrogens is 2. The summed E-state index contributed by atoms with van der Waals surface area (Å²) in [7, 11) is 0. The summed E-state index contributed by atoms with van der Waals surface area (Å²) in [6.45, 7) is 0. The quantitative estimate of drug-likeness (QED) is 0.270. The lowest BCUT2D eigenvalue weighted by molar-refractivity contribution is 0.586. The van der Waals surface area contributed by atoms with Crippen LogP contribution in [0.25, 0.3) is 55.8 Å². The van der Waals surface area contributed by atoms with Crippen molar-refractivity contribution in [2.24, 2.45) is 0 Å². The van der Waals surface area contributed by atoms with Gasteiger partial charge in [0.15, 0.2) is 0 Å². The minimum absolute atomic E-state index is 0.535. The van der Waals surface area contributed by atoms with Gasteiger partial charge in [-0.15, -0.1) is 21.5 Å². The van der Waals surface area contributed by atoms with Crippen LogP contribution in [0.2, 0.25) is 0 Å². The first-order valence-electron chi connectivity index (χ1n) is 11.2. The van der Waals surface area contributed by atoms with Gasteiger partial charge >= 0.3 is 0 Å². The summed E-state index contributed by atoms with van der Waals surface area (Å²) in [6.07, 6.45) is 2.26. The highest BCUT2D eigenvalue weighted by atomic mass is 32.1. The largest absolute Gasteiger partial charge is 0.415 e. The molecule has 34 heavy (non-hydrogen) atoms. The molecular weight excluding hydrogens is 436 g/mol. The molecule has 0 spiro atoms. The maximum atomic E-state index is 6.07. The molecule has 1 aliphatic carbocycles. The third-order valence-electron chi connectivity index (χ3n) is 6.27. The average molecular weight is 455 g/mol. The lowest BCUT2D eigenvalue weighted by atomic mass is 10.0. The molecule has 0 atom stereocenters. The van der Waals surface area contributed by atoms with Crippen molar-refractivity contribution in [3.63, 3.8) is 0 Å². The van der Waals surface area contributed by atoms with E-state index in [0.717, 1.165) is 20.7 Å². The van der Waals surface area contributed by atoms with E-state index in [1.165, 1.54) is 33.2 Å². The predicted octanol–water partition coefficient (Wildman–Crippen LogP) is 8.19. The van der Waals surface area contributed by atoms with Crippen molar-refractivity contribution in [3.8, 4) is 33.3 Å². The zero-order valence-electron chi connectivity index (χ0n) is 18.1. The van der Waals surface area contributed by atoms with Crippen LogP contribution in [0.5, 0.6) is 0 Å². The van der Waals surface area contributed by atoms with Gasteiger partial charge in [0.25, 0.3) is 5.89 Å². The molecule has 2 aromatic heterocycles. The van der Waals surface area contributed by atoms with Crippen LogP contribution in [0.4, 0.5) is 0 Å². The fourth-order valence-corrected chi connectivity index (χ4v) is 5.53. The Balaban J connectivity index is 1.24. The summed E-state index contributed by atoms with van der Waals surface area (Å²) in [5.74, 6) is 1.08. The van der Waals surface area contributed by atoms with Gasteiger partial charge in [-0.25, -0.2) is 0 Å². The molecule has 0 N–H and O–H groups in total. The second-order valence-corrected chi connectivity index (χ2v) is 9.44. The van der Waals surface area contributed by atoms with Crippen molar-refractivity contribution < 1.29 is 4.42 Å². The summed E-state index contributed by atoms with van der Waals surface area (Å²) in [5.41, 5.74) is 7.30. The van der Waals surface area contributed by atoms with Crippen molar-refractivity contribution in [2.75, 3.05) is 0 Å². The summed E-state index contributed by atoms with van der Waals surface area (Å²) < 4.78 is 6.07. The highest BCUT2D eigenvalue weighted by molar-refractivity contribution is 7.16. The van der Waals surface area contributed by atoms with Gasteiger partial charge in [0, 0.05) is 10.4 Å². The summed E-state index contributed by atoms with van der Waals surface area (Å²) in [6, 6.07) is 35.8. The first-order valence-corrected chi connectivity index (χ1v) is 12.0. The lowest BCUT2D eigenvalue weighted by Gasteiger charge is -2.01. The van der Waals surface area contributed by atoms with Crippen molar-refractivity contribution in [2.45, 2.75) is 0 Å². The van der Waals surface area contributed by atoms with E-state index in [1.807, 2.05) is 18.2 Å². The van der Waals surface area contributed by atoms with Gasteiger partial charge < -0.3 is 4.42 Å². The molecule has 7 rings (SSSR count). The van der Waals surface area contributed by atoms with Crippen LogP contribution < -0.4 is 0 Å². The van der Waals surface area contributed by atoms with Crippen molar-refractivity contribution >= 4 is 33.8 Å². The standard InChI is InChI=1S/C30H18N2OS/c1-2-8-20-17-21(14-13-19(20)7-1)29-31-32-30(33-29)28-16-15-22(34-28)18-27-25-11-5-3-9-23(25)24-10-4-6-12-26(24)27/h1-18H. The third kappa shape index (κ3) is 3.11. The normalized spacial score (nSPS) is 12.1. The Morgan fingerprint density at radius 1 is 0.588 bits per heavy atom. The van der Waals surface area contributed by atoms with Gasteiger partial charge in [0.2, 0.25) is 5.89 Å². The molecule has 0 saturated heterocycles. The Kier molecular flexibility index (Phi) is 4.32.